The Bertz CT molecular complexity index is 667. The van der Waals surface area contributed by atoms with Gasteiger partial charge in [-0.2, -0.15) is 0 Å². The standard InChI is InChI=1S/C16H21N3O3/c1-16(2,3)22-15(20)19-9-7-18(8-10-19)14-13-12(4-6-17-14)5-11-21-13/h4-6,11H,7-10H2,1-3H3. The predicted octanol–water partition coefficient (Wildman–Crippen LogP) is 2.88. The van der Waals surface area contributed by atoms with Gasteiger partial charge in [0.2, 0.25) is 0 Å². The Balaban J connectivity index is 1.67. The Labute approximate surface area is 129 Å². The summed E-state index contributed by atoms with van der Waals surface area (Å²) in [6.07, 6.45) is 3.21. The second kappa shape index (κ2) is 5.51. The minimum absolute atomic E-state index is 0.253. The minimum atomic E-state index is -0.463. The number of hydrogen-bond donors (Lipinski definition) is 0. The lowest BCUT2D eigenvalue weighted by Crippen LogP contribution is -2.50. The third kappa shape index (κ3) is 3.00. The molecule has 6 heteroatoms. The van der Waals surface area contributed by atoms with Crippen molar-refractivity contribution in [3.63, 3.8) is 0 Å². The third-order valence-corrected chi connectivity index (χ3v) is 3.58. The number of aromatic nitrogens is 1. The predicted molar refractivity (Wildman–Crippen MR) is 84.0 cm³/mol. The van der Waals surface area contributed by atoms with Crippen LogP contribution in [-0.4, -0.2) is 47.8 Å². The van der Waals surface area contributed by atoms with Crippen molar-refractivity contribution in [1.82, 2.24) is 9.88 Å². The highest BCUT2D eigenvalue weighted by Gasteiger charge is 2.27. The van der Waals surface area contributed by atoms with Gasteiger partial charge in [-0.05, 0) is 32.9 Å². The van der Waals surface area contributed by atoms with Crippen LogP contribution in [0.3, 0.4) is 0 Å². The van der Waals surface area contributed by atoms with E-state index in [2.05, 4.69) is 9.88 Å². The van der Waals surface area contributed by atoms with Crippen molar-refractivity contribution in [2.75, 3.05) is 31.1 Å². The monoisotopic (exact) mass is 303 g/mol. The highest BCUT2D eigenvalue weighted by molar-refractivity contribution is 5.87. The lowest BCUT2D eigenvalue weighted by molar-refractivity contribution is 0.0240. The molecular weight excluding hydrogens is 282 g/mol. The fraction of sp³-hybridized carbons (Fsp3) is 0.500. The number of ether oxygens (including phenoxy) is 1. The van der Waals surface area contributed by atoms with Crippen LogP contribution >= 0.6 is 0 Å². The SMILES string of the molecule is CC(C)(C)OC(=O)N1CCN(c2nccc3ccoc23)CC1. The molecule has 0 unspecified atom stereocenters. The van der Waals surface area contributed by atoms with Crippen molar-refractivity contribution in [2.45, 2.75) is 26.4 Å². The zero-order chi connectivity index (χ0) is 15.7. The van der Waals surface area contributed by atoms with Crippen molar-refractivity contribution in [2.24, 2.45) is 0 Å². The number of anilines is 1. The van der Waals surface area contributed by atoms with E-state index >= 15 is 0 Å². The number of amides is 1. The van der Waals surface area contributed by atoms with Crippen molar-refractivity contribution in [1.29, 1.82) is 0 Å². The molecule has 3 heterocycles. The minimum Gasteiger partial charge on any atom is -0.460 e. The van der Waals surface area contributed by atoms with Crippen LogP contribution in [0.25, 0.3) is 11.0 Å². The number of fused-ring (bicyclic) bond motifs is 1. The van der Waals surface area contributed by atoms with E-state index in [1.807, 2.05) is 32.9 Å². The van der Waals surface area contributed by atoms with Gasteiger partial charge >= 0.3 is 6.09 Å². The summed E-state index contributed by atoms with van der Waals surface area (Å²) < 4.78 is 10.9. The first-order chi connectivity index (χ1) is 10.4. The van der Waals surface area contributed by atoms with Gasteiger partial charge in [-0.25, -0.2) is 9.78 Å². The number of piperazine rings is 1. The molecule has 2 aromatic rings. The number of pyridine rings is 1. The Morgan fingerprint density at radius 2 is 1.95 bits per heavy atom. The molecule has 2 aromatic heterocycles. The molecule has 0 aliphatic carbocycles. The number of carbonyl (C=O) groups is 1. The molecule has 0 saturated carbocycles. The normalized spacial score (nSPS) is 16.1. The van der Waals surface area contributed by atoms with E-state index in [0.29, 0.717) is 26.2 Å². The van der Waals surface area contributed by atoms with E-state index in [0.717, 1.165) is 16.8 Å². The first-order valence-corrected chi connectivity index (χ1v) is 7.49. The summed E-state index contributed by atoms with van der Waals surface area (Å²) in [5.41, 5.74) is 0.337. The largest absolute Gasteiger partial charge is 0.460 e. The molecule has 118 valence electrons. The summed E-state index contributed by atoms with van der Waals surface area (Å²) in [6.45, 7) is 8.30. The molecule has 1 amide bonds. The average molecular weight is 303 g/mol. The van der Waals surface area contributed by atoms with Gasteiger partial charge in [-0.1, -0.05) is 0 Å². The van der Waals surface area contributed by atoms with E-state index in [4.69, 9.17) is 9.15 Å². The first-order valence-electron chi connectivity index (χ1n) is 7.49. The summed E-state index contributed by atoms with van der Waals surface area (Å²) >= 11 is 0. The fourth-order valence-electron chi connectivity index (χ4n) is 2.53. The summed E-state index contributed by atoms with van der Waals surface area (Å²) in [5, 5.41) is 1.04. The van der Waals surface area contributed by atoms with Crippen molar-refractivity contribution < 1.29 is 13.9 Å². The molecule has 1 fully saturated rings. The highest BCUT2D eigenvalue weighted by Crippen LogP contribution is 2.26. The molecule has 1 saturated heterocycles. The van der Waals surface area contributed by atoms with E-state index in [1.165, 1.54) is 0 Å². The lowest BCUT2D eigenvalue weighted by Gasteiger charge is -2.36. The molecule has 0 spiro atoms. The van der Waals surface area contributed by atoms with Crippen LogP contribution in [0.1, 0.15) is 20.8 Å². The zero-order valence-electron chi connectivity index (χ0n) is 13.2. The van der Waals surface area contributed by atoms with E-state index in [9.17, 15) is 4.79 Å². The topological polar surface area (TPSA) is 58.8 Å². The molecule has 0 atom stereocenters. The lowest BCUT2D eigenvalue weighted by atomic mass is 10.2. The number of furan rings is 1. The molecule has 1 aliphatic heterocycles. The highest BCUT2D eigenvalue weighted by atomic mass is 16.6. The van der Waals surface area contributed by atoms with E-state index in [-0.39, 0.29) is 6.09 Å². The summed E-state index contributed by atoms with van der Waals surface area (Å²) in [6, 6.07) is 3.86. The van der Waals surface area contributed by atoms with Gasteiger partial charge < -0.3 is 19.0 Å². The van der Waals surface area contributed by atoms with Gasteiger partial charge in [-0.15, -0.1) is 0 Å². The number of rotatable bonds is 1. The zero-order valence-corrected chi connectivity index (χ0v) is 13.2. The summed E-state index contributed by atoms with van der Waals surface area (Å²) in [7, 11) is 0. The fourth-order valence-corrected chi connectivity index (χ4v) is 2.53. The smallest absolute Gasteiger partial charge is 0.410 e. The molecule has 6 nitrogen and oxygen atoms in total. The number of carbonyl (C=O) groups excluding carboxylic acids is 1. The van der Waals surface area contributed by atoms with Gasteiger partial charge in [0, 0.05) is 37.8 Å². The maximum absolute atomic E-state index is 12.1. The average Bonchev–Trinajstić information content (AvgIpc) is 2.94. The Kier molecular flexibility index (Phi) is 3.68. The maximum atomic E-state index is 12.1. The van der Waals surface area contributed by atoms with Crippen LogP contribution in [0, 0.1) is 0 Å². The van der Waals surface area contributed by atoms with Crippen LogP contribution in [0.4, 0.5) is 10.6 Å². The second-order valence-corrected chi connectivity index (χ2v) is 6.43. The van der Waals surface area contributed by atoms with Gasteiger partial charge in [0.15, 0.2) is 11.4 Å². The van der Waals surface area contributed by atoms with Crippen molar-refractivity contribution in [3.8, 4) is 0 Å². The molecule has 1 aliphatic rings. The molecule has 0 N–H and O–H groups in total. The van der Waals surface area contributed by atoms with Crippen LogP contribution < -0.4 is 4.90 Å². The Morgan fingerprint density at radius 3 is 2.64 bits per heavy atom. The van der Waals surface area contributed by atoms with Crippen LogP contribution in [0.2, 0.25) is 0 Å². The van der Waals surface area contributed by atoms with E-state index in [1.54, 1.807) is 17.4 Å². The molecular formula is C16H21N3O3. The third-order valence-electron chi connectivity index (χ3n) is 3.58. The molecule has 3 rings (SSSR count). The molecule has 22 heavy (non-hydrogen) atoms. The van der Waals surface area contributed by atoms with Gasteiger partial charge in [0.1, 0.15) is 5.60 Å². The maximum Gasteiger partial charge on any atom is 0.410 e. The van der Waals surface area contributed by atoms with Crippen LogP contribution in [0.15, 0.2) is 29.0 Å². The van der Waals surface area contributed by atoms with Crippen LogP contribution in [0.5, 0.6) is 0 Å². The van der Waals surface area contributed by atoms with E-state index < -0.39 is 5.60 Å². The Hall–Kier alpha value is -2.24. The van der Waals surface area contributed by atoms with Gasteiger partial charge in [0.05, 0.1) is 6.26 Å². The molecule has 0 bridgehead atoms. The van der Waals surface area contributed by atoms with Gasteiger partial charge in [0.25, 0.3) is 0 Å². The summed E-state index contributed by atoms with van der Waals surface area (Å²) in [5.74, 6) is 0.839. The second-order valence-electron chi connectivity index (χ2n) is 6.43. The van der Waals surface area contributed by atoms with Gasteiger partial charge in [-0.3, -0.25) is 0 Å². The first kappa shape index (κ1) is 14.7. The Morgan fingerprint density at radius 1 is 1.23 bits per heavy atom. The molecule has 0 aromatic carbocycles. The molecule has 0 radical (unpaired) electrons. The van der Waals surface area contributed by atoms with Crippen molar-refractivity contribution >= 4 is 22.9 Å². The number of nitrogens with zero attached hydrogens (tertiary/aromatic N) is 3. The van der Waals surface area contributed by atoms with Crippen molar-refractivity contribution in [3.05, 3.63) is 24.6 Å². The number of hydrogen-bond acceptors (Lipinski definition) is 5. The van der Waals surface area contributed by atoms with Crippen LogP contribution in [-0.2, 0) is 4.74 Å². The quantitative estimate of drug-likeness (QED) is 0.810. The summed E-state index contributed by atoms with van der Waals surface area (Å²) in [4.78, 5) is 20.4.